The third kappa shape index (κ3) is 3.66. The van der Waals surface area contributed by atoms with Crippen molar-refractivity contribution in [1.29, 1.82) is 0 Å². The van der Waals surface area contributed by atoms with Gasteiger partial charge in [-0.05, 0) is 66.6 Å². The van der Waals surface area contributed by atoms with Crippen LogP contribution >= 0.6 is 0 Å². The van der Waals surface area contributed by atoms with Crippen LogP contribution in [0.1, 0.15) is 54.4 Å². The van der Waals surface area contributed by atoms with Crippen molar-refractivity contribution >= 4 is 23.0 Å². The number of hydrogen-bond acceptors (Lipinski definition) is 5. The first-order valence-corrected chi connectivity index (χ1v) is 10.6. The molecule has 2 aromatic carbocycles. The SMILES string of the molecule is C=C1CC=C2c3cccc(C)c3[C@H](C(=O)OCc3ccc([N+](=O)[O-])cc3)[C@]2(CC(C)=O)C1. The molecular weight excluding hydrogens is 406 g/mol. The van der Waals surface area contributed by atoms with Gasteiger partial charge in [-0.25, -0.2) is 0 Å². The number of carbonyl (C=O) groups excluding carboxylic acids is 2. The number of nitro benzene ring substituents is 1. The van der Waals surface area contributed by atoms with Gasteiger partial charge in [-0.3, -0.25) is 19.7 Å². The van der Waals surface area contributed by atoms with Crippen LogP contribution in [0, 0.1) is 22.5 Å². The van der Waals surface area contributed by atoms with Crippen LogP contribution in [0.3, 0.4) is 0 Å². The van der Waals surface area contributed by atoms with Crippen molar-refractivity contribution in [2.24, 2.45) is 5.41 Å². The van der Waals surface area contributed by atoms with E-state index in [1.165, 1.54) is 12.1 Å². The largest absolute Gasteiger partial charge is 0.460 e. The number of non-ortho nitro benzene ring substituents is 1. The number of ketones is 1. The molecule has 164 valence electrons. The van der Waals surface area contributed by atoms with Gasteiger partial charge in [0.15, 0.2) is 0 Å². The van der Waals surface area contributed by atoms with Crippen LogP contribution in [0.15, 0.2) is 60.7 Å². The predicted molar refractivity (Wildman–Crippen MR) is 121 cm³/mol. The number of benzene rings is 2. The monoisotopic (exact) mass is 431 g/mol. The zero-order valence-electron chi connectivity index (χ0n) is 18.2. The Morgan fingerprint density at radius 3 is 2.59 bits per heavy atom. The molecule has 2 aromatic rings. The first-order chi connectivity index (χ1) is 15.2. The molecule has 0 radical (unpaired) electrons. The number of Topliss-reactive ketones (excluding diaryl/α,β-unsaturated/α-hetero) is 1. The fraction of sp³-hybridized carbons (Fsp3) is 0.308. The maximum Gasteiger partial charge on any atom is 0.314 e. The molecule has 0 saturated heterocycles. The van der Waals surface area contributed by atoms with Crippen molar-refractivity contribution < 1.29 is 19.2 Å². The molecule has 2 aliphatic carbocycles. The molecule has 0 spiro atoms. The quantitative estimate of drug-likeness (QED) is 0.263. The summed E-state index contributed by atoms with van der Waals surface area (Å²) in [4.78, 5) is 36.3. The highest BCUT2D eigenvalue weighted by atomic mass is 16.6. The summed E-state index contributed by atoms with van der Waals surface area (Å²) >= 11 is 0. The maximum absolute atomic E-state index is 13.6. The minimum Gasteiger partial charge on any atom is -0.460 e. The Hall–Kier alpha value is -3.54. The van der Waals surface area contributed by atoms with Gasteiger partial charge in [0.25, 0.3) is 5.69 Å². The molecule has 0 saturated carbocycles. The van der Waals surface area contributed by atoms with Crippen molar-refractivity contribution in [3.8, 4) is 0 Å². The number of rotatable bonds is 6. The third-order valence-electron chi connectivity index (χ3n) is 6.48. The number of nitrogens with zero attached hydrogens (tertiary/aromatic N) is 1. The Kier molecular flexibility index (Phi) is 5.55. The number of fused-ring (bicyclic) bond motifs is 3. The Labute approximate surface area is 186 Å². The van der Waals surface area contributed by atoms with Gasteiger partial charge in [-0.1, -0.05) is 36.4 Å². The fourth-order valence-corrected chi connectivity index (χ4v) is 5.27. The van der Waals surface area contributed by atoms with E-state index >= 15 is 0 Å². The van der Waals surface area contributed by atoms with Gasteiger partial charge in [0.2, 0.25) is 0 Å². The highest BCUT2D eigenvalue weighted by Gasteiger charge is 2.55. The highest BCUT2D eigenvalue weighted by molar-refractivity contribution is 5.96. The van der Waals surface area contributed by atoms with E-state index in [1.54, 1.807) is 19.1 Å². The molecule has 0 amide bonds. The summed E-state index contributed by atoms with van der Waals surface area (Å²) in [5, 5.41) is 10.9. The second-order valence-electron chi connectivity index (χ2n) is 8.78. The minimum atomic E-state index is -0.692. The van der Waals surface area contributed by atoms with Crippen LogP contribution in [0.25, 0.3) is 5.57 Å². The summed E-state index contributed by atoms with van der Waals surface area (Å²) in [5.74, 6) is -0.980. The first kappa shape index (κ1) is 21.7. The van der Waals surface area contributed by atoms with Gasteiger partial charge in [-0.2, -0.15) is 0 Å². The average molecular weight is 431 g/mol. The standard InChI is InChI=1S/C26H25NO5/c1-16-7-12-22-21-6-4-5-17(2)23(21)24(26(22,13-16)14-18(3)28)25(29)32-15-19-8-10-20(11-9-19)27(30)31/h4-6,8-12,24H,1,7,13-15H2,2-3H3/t24-,26+/m1/s1. The first-order valence-electron chi connectivity index (χ1n) is 10.6. The molecule has 2 aliphatic rings. The van der Waals surface area contributed by atoms with Gasteiger partial charge < -0.3 is 4.74 Å². The molecule has 0 aromatic heterocycles. The lowest BCUT2D eigenvalue weighted by atomic mass is 9.63. The van der Waals surface area contributed by atoms with E-state index in [0.29, 0.717) is 12.0 Å². The molecule has 0 unspecified atom stereocenters. The molecule has 32 heavy (non-hydrogen) atoms. The van der Waals surface area contributed by atoms with Crippen LogP contribution in [-0.4, -0.2) is 16.7 Å². The molecule has 0 N–H and O–H groups in total. The molecule has 0 heterocycles. The summed E-state index contributed by atoms with van der Waals surface area (Å²) < 4.78 is 5.74. The number of allylic oxidation sites excluding steroid dienone is 3. The second kappa shape index (κ2) is 8.19. The maximum atomic E-state index is 13.6. The van der Waals surface area contributed by atoms with E-state index in [2.05, 4.69) is 12.7 Å². The summed E-state index contributed by atoms with van der Waals surface area (Å²) in [7, 11) is 0. The van der Waals surface area contributed by atoms with Gasteiger partial charge in [-0.15, -0.1) is 0 Å². The van der Waals surface area contributed by atoms with E-state index < -0.39 is 22.2 Å². The van der Waals surface area contributed by atoms with Crippen molar-refractivity contribution in [2.75, 3.05) is 0 Å². The molecule has 6 nitrogen and oxygen atoms in total. The van der Waals surface area contributed by atoms with Crippen molar-refractivity contribution in [2.45, 2.75) is 45.6 Å². The topological polar surface area (TPSA) is 86.5 Å². The van der Waals surface area contributed by atoms with E-state index in [9.17, 15) is 19.7 Å². The lowest BCUT2D eigenvalue weighted by Gasteiger charge is -2.39. The summed E-state index contributed by atoms with van der Waals surface area (Å²) in [6, 6.07) is 11.9. The molecule has 0 fully saturated rings. The predicted octanol–water partition coefficient (Wildman–Crippen LogP) is 5.44. The summed E-state index contributed by atoms with van der Waals surface area (Å²) in [6.07, 6.45) is 3.64. The van der Waals surface area contributed by atoms with Crippen LogP contribution in [0.4, 0.5) is 5.69 Å². The zero-order valence-corrected chi connectivity index (χ0v) is 18.2. The summed E-state index contributed by atoms with van der Waals surface area (Å²) in [5.41, 5.74) is 4.91. The highest BCUT2D eigenvalue weighted by Crippen LogP contribution is 2.63. The van der Waals surface area contributed by atoms with Crippen LogP contribution in [-0.2, 0) is 20.9 Å². The Morgan fingerprint density at radius 1 is 1.22 bits per heavy atom. The average Bonchev–Trinajstić information content (AvgIpc) is 3.01. The van der Waals surface area contributed by atoms with Crippen molar-refractivity contribution in [1.82, 2.24) is 0 Å². The number of carbonyl (C=O) groups is 2. The lowest BCUT2D eigenvalue weighted by molar-refractivity contribution is -0.384. The van der Waals surface area contributed by atoms with E-state index in [0.717, 1.165) is 34.3 Å². The van der Waals surface area contributed by atoms with Crippen molar-refractivity contribution in [3.63, 3.8) is 0 Å². The Balaban J connectivity index is 1.71. The molecular formula is C26H25NO5. The molecule has 4 rings (SSSR count). The van der Waals surface area contributed by atoms with Gasteiger partial charge in [0.05, 0.1) is 10.8 Å². The zero-order chi connectivity index (χ0) is 23.0. The van der Waals surface area contributed by atoms with Gasteiger partial charge >= 0.3 is 5.97 Å². The number of ether oxygens (including phenoxy) is 1. The number of aryl methyl sites for hydroxylation is 1. The van der Waals surface area contributed by atoms with Gasteiger partial charge in [0, 0.05) is 24.0 Å². The van der Waals surface area contributed by atoms with E-state index in [4.69, 9.17) is 4.74 Å². The Bertz CT molecular complexity index is 1160. The molecule has 2 atom stereocenters. The third-order valence-corrected chi connectivity index (χ3v) is 6.48. The van der Waals surface area contributed by atoms with E-state index in [-0.39, 0.29) is 24.5 Å². The van der Waals surface area contributed by atoms with Crippen molar-refractivity contribution in [3.05, 3.63) is 93.1 Å². The fourth-order valence-electron chi connectivity index (χ4n) is 5.27. The van der Waals surface area contributed by atoms with Crippen LogP contribution in [0.5, 0.6) is 0 Å². The van der Waals surface area contributed by atoms with E-state index in [1.807, 2.05) is 25.1 Å². The molecule has 6 heteroatoms. The Morgan fingerprint density at radius 2 is 1.94 bits per heavy atom. The minimum absolute atomic E-state index is 0.00465. The summed E-state index contributed by atoms with van der Waals surface area (Å²) in [6.45, 7) is 7.69. The van der Waals surface area contributed by atoms with Crippen LogP contribution in [0.2, 0.25) is 0 Å². The molecule has 0 aliphatic heterocycles. The second-order valence-corrected chi connectivity index (χ2v) is 8.78. The number of esters is 1. The lowest BCUT2D eigenvalue weighted by Crippen LogP contribution is -2.35. The number of hydrogen-bond donors (Lipinski definition) is 0. The number of nitro groups is 1. The van der Waals surface area contributed by atoms with Crippen LogP contribution < -0.4 is 0 Å². The smallest absolute Gasteiger partial charge is 0.314 e. The normalized spacial score (nSPS) is 21.4. The van der Waals surface area contributed by atoms with Gasteiger partial charge in [0.1, 0.15) is 12.4 Å². The molecule has 0 bridgehead atoms.